The molecule has 0 aromatic heterocycles. The third-order valence-electron chi connectivity index (χ3n) is 8.49. The molecule has 0 bridgehead atoms. The van der Waals surface area contributed by atoms with Gasteiger partial charge in [-0.25, -0.2) is 0 Å². The summed E-state index contributed by atoms with van der Waals surface area (Å²) in [7, 11) is 0. The Morgan fingerprint density at radius 3 is 1.91 bits per heavy atom. The first-order valence-corrected chi connectivity index (χ1v) is 13.9. The van der Waals surface area contributed by atoms with Crippen LogP contribution in [0.3, 0.4) is 0 Å². The molecule has 1 heteroatoms. The van der Waals surface area contributed by atoms with Gasteiger partial charge in [-0.3, -0.25) is 0 Å². The molecule has 0 amide bonds. The molecule has 32 heavy (non-hydrogen) atoms. The highest BCUT2D eigenvalue weighted by Crippen LogP contribution is 2.39. The summed E-state index contributed by atoms with van der Waals surface area (Å²) in [5.41, 5.74) is 3.12. The Labute approximate surface area is 198 Å². The van der Waals surface area contributed by atoms with Crippen LogP contribution in [0.25, 0.3) is 0 Å². The topological polar surface area (TPSA) is 23.8 Å². The molecule has 1 nitrogen and oxygen atoms in total. The van der Waals surface area contributed by atoms with Gasteiger partial charge in [-0.15, -0.1) is 0 Å². The lowest BCUT2D eigenvalue weighted by molar-refractivity contribution is 0.244. The predicted molar refractivity (Wildman–Crippen MR) is 138 cm³/mol. The Hall–Kier alpha value is -1.55. The van der Waals surface area contributed by atoms with E-state index >= 15 is 0 Å². The Bertz CT molecular complexity index is 678. The van der Waals surface area contributed by atoms with Crippen molar-refractivity contribution in [2.75, 3.05) is 0 Å². The zero-order valence-corrected chi connectivity index (χ0v) is 20.7. The number of nitrogens with zero attached hydrogens (tertiary/aromatic N) is 1. The predicted octanol–water partition coefficient (Wildman–Crippen LogP) is 9.53. The first-order valence-electron chi connectivity index (χ1n) is 13.9. The Morgan fingerprint density at radius 1 is 0.781 bits per heavy atom. The van der Waals surface area contributed by atoms with Crippen molar-refractivity contribution in [2.45, 2.75) is 122 Å². The summed E-state index contributed by atoms with van der Waals surface area (Å²) < 4.78 is 0. The van der Waals surface area contributed by atoms with Gasteiger partial charge >= 0.3 is 0 Å². The molecule has 176 valence electrons. The van der Waals surface area contributed by atoms with Crippen molar-refractivity contribution in [1.29, 1.82) is 5.26 Å². The average Bonchev–Trinajstić information content (AvgIpc) is 2.85. The fourth-order valence-electron chi connectivity index (χ4n) is 6.26. The van der Waals surface area contributed by atoms with Crippen molar-refractivity contribution in [1.82, 2.24) is 0 Å². The van der Waals surface area contributed by atoms with Crippen molar-refractivity contribution < 1.29 is 0 Å². The van der Waals surface area contributed by atoms with Gasteiger partial charge in [-0.1, -0.05) is 95.1 Å². The number of hydrogen-bond donors (Lipinski definition) is 0. The second kappa shape index (κ2) is 14.6. The van der Waals surface area contributed by atoms with Crippen LogP contribution in [0.15, 0.2) is 36.4 Å². The first-order chi connectivity index (χ1) is 15.8. The molecule has 2 fully saturated rings. The fourth-order valence-corrected chi connectivity index (χ4v) is 6.26. The lowest BCUT2D eigenvalue weighted by Crippen LogP contribution is -2.15. The highest BCUT2D eigenvalue weighted by molar-refractivity contribution is 5.26. The summed E-state index contributed by atoms with van der Waals surface area (Å²) in [6, 6.07) is 11.7. The Kier molecular flexibility index (Phi) is 11.4. The zero-order valence-electron chi connectivity index (χ0n) is 20.7. The average molecular weight is 434 g/mol. The molecule has 0 atom stereocenters. The highest BCUT2D eigenvalue weighted by Gasteiger charge is 2.23. The molecular weight excluding hydrogens is 386 g/mol. The Balaban J connectivity index is 1.23. The molecule has 2 aliphatic rings. The monoisotopic (exact) mass is 433 g/mol. The molecule has 0 saturated heterocycles. The second-order valence-corrected chi connectivity index (χ2v) is 10.8. The van der Waals surface area contributed by atoms with Crippen LogP contribution in [0, 0.1) is 29.1 Å². The van der Waals surface area contributed by atoms with Gasteiger partial charge in [0.15, 0.2) is 0 Å². The summed E-state index contributed by atoms with van der Waals surface area (Å²) in [6.45, 7) is 2.28. The van der Waals surface area contributed by atoms with E-state index < -0.39 is 0 Å². The number of rotatable bonds is 12. The van der Waals surface area contributed by atoms with Gasteiger partial charge in [0.1, 0.15) is 0 Å². The number of benzene rings is 1. The van der Waals surface area contributed by atoms with Crippen LogP contribution >= 0.6 is 0 Å². The lowest BCUT2D eigenvalue weighted by Gasteiger charge is -2.30. The zero-order chi connectivity index (χ0) is 22.4. The van der Waals surface area contributed by atoms with Gasteiger partial charge in [-0.05, 0) is 86.2 Å². The van der Waals surface area contributed by atoms with E-state index in [0.717, 1.165) is 30.1 Å². The summed E-state index contributed by atoms with van der Waals surface area (Å²) in [4.78, 5) is 0. The summed E-state index contributed by atoms with van der Waals surface area (Å²) >= 11 is 0. The molecule has 0 unspecified atom stereocenters. The number of nitriles is 1. The largest absolute Gasteiger partial charge is 0.193 e. The highest BCUT2D eigenvalue weighted by atomic mass is 14.3. The maximum absolute atomic E-state index is 8.58. The smallest absolute Gasteiger partial charge is 0.0908 e. The molecular formula is C31H47N. The molecule has 1 aromatic carbocycles. The van der Waals surface area contributed by atoms with Gasteiger partial charge < -0.3 is 0 Å². The molecule has 0 spiro atoms. The molecule has 0 N–H and O–H groups in total. The van der Waals surface area contributed by atoms with Crippen LogP contribution in [0.1, 0.15) is 127 Å². The summed E-state index contributed by atoms with van der Waals surface area (Å²) in [5, 5.41) is 8.58. The van der Waals surface area contributed by atoms with E-state index in [4.69, 9.17) is 5.26 Å². The minimum Gasteiger partial charge on any atom is -0.193 e. The van der Waals surface area contributed by atoms with Crippen molar-refractivity contribution in [3.05, 3.63) is 47.5 Å². The first kappa shape index (κ1) is 25.1. The lowest BCUT2D eigenvalue weighted by atomic mass is 9.76. The van der Waals surface area contributed by atoms with Gasteiger partial charge in [0, 0.05) is 6.08 Å². The van der Waals surface area contributed by atoms with Crippen LogP contribution in [0.5, 0.6) is 0 Å². The molecule has 0 radical (unpaired) electrons. The van der Waals surface area contributed by atoms with E-state index in [0.29, 0.717) is 0 Å². The van der Waals surface area contributed by atoms with E-state index in [9.17, 15) is 0 Å². The maximum atomic E-state index is 8.58. The third kappa shape index (κ3) is 8.77. The van der Waals surface area contributed by atoms with Crippen LogP contribution < -0.4 is 0 Å². The minimum absolute atomic E-state index is 0.817. The van der Waals surface area contributed by atoms with Crippen molar-refractivity contribution in [2.24, 2.45) is 17.8 Å². The number of hydrogen-bond acceptors (Lipinski definition) is 1. The molecule has 0 aliphatic heterocycles. The SMILES string of the molecule is CCCCc1ccc([C@H]2CC[C@H](CCCC[C@H]3CC[C@H](CCC=CC#N)CC3)CC2)cc1. The molecule has 0 heterocycles. The van der Waals surface area contributed by atoms with E-state index in [-0.39, 0.29) is 0 Å². The summed E-state index contributed by atoms with van der Waals surface area (Å²) in [6.07, 6.45) is 27.3. The van der Waals surface area contributed by atoms with Crippen LogP contribution in [0.2, 0.25) is 0 Å². The van der Waals surface area contributed by atoms with E-state index in [1.165, 1.54) is 108 Å². The van der Waals surface area contributed by atoms with Crippen LogP contribution in [-0.2, 0) is 6.42 Å². The number of allylic oxidation sites excluding steroid dienone is 2. The fraction of sp³-hybridized carbons (Fsp3) is 0.710. The minimum atomic E-state index is 0.817. The standard InChI is InChI=1S/C31H47N/c1-2-3-9-26-17-21-30(22-18-26)31-23-19-29(20-24-31)12-7-6-11-28-15-13-27(14-16-28)10-5-4-8-25-32/h4,8,17-18,21-22,27-29,31H,2-3,5-7,9-16,19-20,23-24H2,1H3/t27-,28-,29-,31-. The molecule has 2 aliphatic carbocycles. The summed E-state index contributed by atoms with van der Waals surface area (Å²) in [5.74, 6) is 3.72. The van der Waals surface area contributed by atoms with E-state index in [2.05, 4.69) is 37.3 Å². The van der Waals surface area contributed by atoms with Gasteiger partial charge in [0.2, 0.25) is 0 Å². The quantitative estimate of drug-likeness (QED) is 0.238. The Morgan fingerprint density at radius 2 is 1.34 bits per heavy atom. The van der Waals surface area contributed by atoms with Gasteiger partial charge in [0.25, 0.3) is 0 Å². The molecule has 1 aromatic rings. The van der Waals surface area contributed by atoms with Gasteiger partial charge in [0.05, 0.1) is 6.07 Å². The third-order valence-corrected chi connectivity index (χ3v) is 8.49. The van der Waals surface area contributed by atoms with Gasteiger partial charge in [-0.2, -0.15) is 5.26 Å². The maximum Gasteiger partial charge on any atom is 0.0908 e. The van der Waals surface area contributed by atoms with Crippen LogP contribution in [-0.4, -0.2) is 0 Å². The molecule has 3 rings (SSSR count). The van der Waals surface area contributed by atoms with Crippen molar-refractivity contribution in [3.8, 4) is 6.07 Å². The number of unbranched alkanes of at least 4 members (excludes halogenated alkanes) is 2. The second-order valence-electron chi connectivity index (χ2n) is 10.8. The molecule has 2 saturated carbocycles. The van der Waals surface area contributed by atoms with Crippen molar-refractivity contribution in [3.63, 3.8) is 0 Å². The van der Waals surface area contributed by atoms with E-state index in [1.54, 1.807) is 11.6 Å². The normalized spacial score (nSPS) is 26.2. The van der Waals surface area contributed by atoms with Crippen molar-refractivity contribution >= 4 is 0 Å². The van der Waals surface area contributed by atoms with Crippen LogP contribution in [0.4, 0.5) is 0 Å². The number of aryl methyl sites for hydroxylation is 1. The van der Waals surface area contributed by atoms with E-state index in [1.807, 2.05) is 6.08 Å².